The summed E-state index contributed by atoms with van der Waals surface area (Å²) >= 11 is 1.71. The minimum absolute atomic E-state index is 0.0230. The summed E-state index contributed by atoms with van der Waals surface area (Å²) in [7, 11) is 1.76. The lowest BCUT2D eigenvalue weighted by Gasteiger charge is -2.37. The van der Waals surface area contributed by atoms with Gasteiger partial charge in [0.05, 0.1) is 16.6 Å². The molecule has 196 valence electrons. The number of hydrogen-bond acceptors (Lipinski definition) is 5. The summed E-state index contributed by atoms with van der Waals surface area (Å²) < 4.78 is -0.963. The zero-order chi connectivity index (χ0) is 25.8. The molecule has 3 saturated heterocycles. The van der Waals surface area contributed by atoms with E-state index in [-0.39, 0.29) is 29.1 Å². The first kappa shape index (κ1) is 27.8. The monoisotopic (exact) mass is 505 g/mol. The molecule has 0 aromatic rings. The smallest absolute Gasteiger partial charge is 0.247 e. The summed E-state index contributed by atoms with van der Waals surface area (Å²) in [6, 6.07) is -0.588. The second kappa shape index (κ2) is 11.5. The maximum Gasteiger partial charge on any atom is 0.247 e. The Kier molecular flexibility index (Phi) is 9.13. The lowest BCUT2D eigenvalue weighted by Crippen LogP contribution is -2.55. The summed E-state index contributed by atoms with van der Waals surface area (Å²) in [5, 5.41) is 9.33. The molecule has 3 fully saturated rings. The molecule has 35 heavy (non-hydrogen) atoms. The Morgan fingerprint density at radius 2 is 1.86 bits per heavy atom. The number of likely N-dealkylation sites (N-methyl/N-ethyl adjacent to an activating group) is 1. The SMILES string of the molecule is C=CCN(C)C(=O)[C@H]1[C@H]2C(=O)N(CCCCO)C(C(=O)N(CC=C)CCCCC)C23CC[C@]1(C)S3. The second-order valence-corrected chi connectivity index (χ2v) is 12.4. The fourth-order valence-corrected chi connectivity index (χ4v) is 8.75. The summed E-state index contributed by atoms with van der Waals surface area (Å²) in [5.74, 6) is -1.09. The van der Waals surface area contributed by atoms with Crippen molar-refractivity contribution < 1.29 is 19.5 Å². The molecule has 3 heterocycles. The van der Waals surface area contributed by atoms with Crippen LogP contribution < -0.4 is 0 Å². The van der Waals surface area contributed by atoms with E-state index in [1.54, 1.807) is 40.8 Å². The van der Waals surface area contributed by atoms with Crippen LogP contribution >= 0.6 is 11.8 Å². The van der Waals surface area contributed by atoms with Gasteiger partial charge in [-0.3, -0.25) is 14.4 Å². The number of amides is 3. The van der Waals surface area contributed by atoms with Crippen LogP contribution in [0.15, 0.2) is 25.3 Å². The Hall–Kier alpha value is -1.80. The minimum Gasteiger partial charge on any atom is -0.396 e. The van der Waals surface area contributed by atoms with E-state index in [1.165, 1.54) is 0 Å². The number of thioether (sulfide) groups is 1. The summed E-state index contributed by atoms with van der Waals surface area (Å²) in [4.78, 5) is 47.1. The molecule has 0 aromatic heterocycles. The van der Waals surface area contributed by atoms with Crippen LogP contribution in [0.1, 0.15) is 58.8 Å². The maximum absolute atomic E-state index is 14.2. The molecule has 2 bridgehead atoms. The number of carbonyl (C=O) groups is 3. The third kappa shape index (κ3) is 4.93. The van der Waals surface area contributed by atoms with Crippen molar-refractivity contribution in [2.75, 3.05) is 39.8 Å². The largest absolute Gasteiger partial charge is 0.396 e. The number of nitrogens with zero attached hydrogens (tertiary/aromatic N) is 3. The number of rotatable bonds is 14. The van der Waals surface area contributed by atoms with Gasteiger partial charge in [0.2, 0.25) is 17.7 Å². The van der Waals surface area contributed by atoms with Crippen LogP contribution in [0.3, 0.4) is 0 Å². The molecule has 2 unspecified atom stereocenters. The predicted octanol–water partition coefficient (Wildman–Crippen LogP) is 3.09. The summed E-state index contributed by atoms with van der Waals surface area (Å²) in [6.45, 7) is 13.8. The molecule has 5 atom stereocenters. The fourth-order valence-electron chi connectivity index (χ4n) is 6.41. The van der Waals surface area contributed by atoms with Crippen molar-refractivity contribution in [1.29, 1.82) is 0 Å². The highest BCUT2D eigenvalue weighted by Gasteiger charge is 2.77. The number of fused-ring (bicyclic) bond motifs is 1. The molecular weight excluding hydrogens is 462 g/mol. The van der Waals surface area contributed by atoms with E-state index in [9.17, 15) is 19.5 Å². The number of hydrogen-bond donors (Lipinski definition) is 1. The first-order valence-corrected chi connectivity index (χ1v) is 13.9. The van der Waals surface area contributed by atoms with Crippen molar-refractivity contribution in [3.8, 4) is 0 Å². The molecule has 0 aliphatic carbocycles. The van der Waals surface area contributed by atoms with Gasteiger partial charge in [-0.05, 0) is 39.0 Å². The van der Waals surface area contributed by atoms with Crippen LogP contribution in [0.5, 0.6) is 0 Å². The van der Waals surface area contributed by atoms with Gasteiger partial charge in [0.25, 0.3) is 0 Å². The minimum atomic E-state index is -0.596. The molecule has 3 amide bonds. The zero-order valence-electron chi connectivity index (χ0n) is 21.7. The molecule has 7 nitrogen and oxygen atoms in total. The van der Waals surface area contributed by atoms with Crippen LogP contribution in [0.4, 0.5) is 0 Å². The summed E-state index contributed by atoms with van der Waals surface area (Å²) in [5.41, 5.74) is 0. The molecule has 0 radical (unpaired) electrons. The molecule has 0 aromatic carbocycles. The van der Waals surface area contributed by atoms with Crippen molar-refractivity contribution in [2.24, 2.45) is 11.8 Å². The third-order valence-corrected chi connectivity index (χ3v) is 10.0. The van der Waals surface area contributed by atoms with Crippen molar-refractivity contribution in [3.05, 3.63) is 25.3 Å². The highest BCUT2D eigenvalue weighted by Crippen LogP contribution is 2.71. The van der Waals surface area contributed by atoms with E-state index < -0.39 is 22.6 Å². The van der Waals surface area contributed by atoms with E-state index in [4.69, 9.17) is 0 Å². The predicted molar refractivity (Wildman–Crippen MR) is 141 cm³/mol. The van der Waals surface area contributed by atoms with Gasteiger partial charge < -0.3 is 19.8 Å². The maximum atomic E-state index is 14.2. The Morgan fingerprint density at radius 1 is 1.14 bits per heavy atom. The lowest BCUT2D eigenvalue weighted by molar-refractivity contribution is -0.145. The van der Waals surface area contributed by atoms with Crippen molar-refractivity contribution in [3.63, 3.8) is 0 Å². The fraction of sp³-hybridized carbons (Fsp3) is 0.741. The number of unbranched alkanes of at least 4 members (excludes halogenated alkanes) is 3. The van der Waals surface area contributed by atoms with E-state index in [2.05, 4.69) is 27.0 Å². The molecule has 0 saturated carbocycles. The second-order valence-electron chi connectivity index (χ2n) is 10.5. The van der Waals surface area contributed by atoms with Crippen LogP contribution in [0.2, 0.25) is 0 Å². The van der Waals surface area contributed by atoms with Crippen molar-refractivity contribution in [2.45, 2.75) is 74.3 Å². The molecular formula is C27H43N3O4S. The van der Waals surface area contributed by atoms with E-state index in [0.29, 0.717) is 39.0 Å². The van der Waals surface area contributed by atoms with Gasteiger partial charge in [-0.1, -0.05) is 31.9 Å². The van der Waals surface area contributed by atoms with Crippen LogP contribution in [-0.2, 0) is 14.4 Å². The number of aliphatic hydroxyl groups excluding tert-OH is 1. The van der Waals surface area contributed by atoms with Gasteiger partial charge in [-0.15, -0.1) is 24.9 Å². The molecule has 3 aliphatic heterocycles. The highest BCUT2D eigenvalue weighted by molar-refractivity contribution is 8.02. The Bertz CT molecular complexity index is 835. The van der Waals surface area contributed by atoms with Gasteiger partial charge in [-0.2, -0.15) is 0 Å². The Labute approximate surface area is 215 Å². The van der Waals surface area contributed by atoms with E-state index in [0.717, 1.165) is 32.1 Å². The standard InChI is InChI=1S/C27H43N3O4S/c1-6-9-10-17-29(16-8-3)25(34)22-27-14-13-26(4,35-27)20(23(32)28(5)15-7-2)21(27)24(33)30(22)18-11-12-19-31/h7-8,20-22,31H,2-3,6,9-19H2,1,4-5H3/t20-,21+,22?,26+,27?/m1/s1. The Morgan fingerprint density at radius 3 is 2.49 bits per heavy atom. The average Bonchev–Trinajstić information content (AvgIpc) is 3.39. The van der Waals surface area contributed by atoms with Crippen LogP contribution in [-0.4, -0.2) is 92.9 Å². The normalized spacial score (nSPS) is 30.9. The van der Waals surface area contributed by atoms with Gasteiger partial charge in [0, 0.05) is 44.6 Å². The molecule has 1 spiro atoms. The average molecular weight is 506 g/mol. The first-order valence-electron chi connectivity index (χ1n) is 13.1. The zero-order valence-corrected chi connectivity index (χ0v) is 22.5. The third-order valence-electron chi connectivity index (χ3n) is 8.06. The molecule has 3 rings (SSSR count). The quantitative estimate of drug-likeness (QED) is 0.290. The van der Waals surface area contributed by atoms with Crippen molar-refractivity contribution >= 4 is 29.5 Å². The number of aliphatic hydroxyl groups is 1. The Balaban J connectivity index is 2.00. The van der Waals surface area contributed by atoms with E-state index >= 15 is 0 Å². The van der Waals surface area contributed by atoms with E-state index in [1.807, 2.05) is 4.90 Å². The van der Waals surface area contributed by atoms with Gasteiger partial charge in [0.15, 0.2) is 0 Å². The van der Waals surface area contributed by atoms with Gasteiger partial charge in [-0.25, -0.2) is 0 Å². The topological polar surface area (TPSA) is 81.2 Å². The van der Waals surface area contributed by atoms with Gasteiger partial charge >= 0.3 is 0 Å². The summed E-state index contributed by atoms with van der Waals surface area (Å²) in [6.07, 6.45) is 9.23. The molecule has 8 heteroatoms. The lowest BCUT2D eigenvalue weighted by atomic mass is 9.66. The number of carbonyl (C=O) groups excluding carboxylic acids is 3. The first-order chi connectivity index (χ1) is 16.7. The highest BCUT2D eigenvalue weighted by atomic mass is 32.2. The van der Waals surface area contributed by atoms with Gasteiger partial charge in [0.1, 0.15) is 6.04 Å². The number of likely N-dealkylation sites (tertiary alicyclic amines) is 1. The van der Waals surface area contributed by atoms with Crippen LogP contribution in [0.25, 0.3) is 0 Å². The molecule has 1 N–H and O–H groups in total. The molecule has 3 aliphatic rings. The van der Waals surface area contributed by atoms with Crippen molar-refractivity contribution in [1.82, 2.24) is 14.7 Å². The van der Waals surface area contributed by atoms with Crippen LogP contribution in [0, 0.1) is 11.8 Å².